The van der Waals surface area contributed by atoms with Crippen molar-refractivity contribution in [2.75, 3.05) is 13.7 Å². The van der Waals surface area contributed by atoms with Crippen molar-refractivity contribution in [3.05, 3.63) is 42.2 Å². The first-order valence-corrected chi connectivity index (χ1v) is 5.94. The number of furan rings is 1. The van der Waals surface area contributed by atoms with E-state index in [1.807, 2.05) is 12.1 Å². The Kier molecular flexibility index (Phi) is 4.30. The highest BCUT2D eigenvalue weighted by Gasteiger charge is 2.13. The summed E-state index contributed by atoms with van der Waals surface area (Å²) in [6.45, 7) is 2.96. The molecule has 18 heavy (non-hydrogen) atoms. The normalized spacial score (nSPS) is 12.3. The minimum Gasteiger partial charge on any atom is -0.481 e. The van der Waals surface area contributed by atoms with Gasteiger partial charge in [-0.05, 0) is 12.6 Å². The summed E-state index contributed by atoms with van der Waals surface area (Å²) in [5, 5.41) is 3.41. The van der Waals surface area contributed by atoms with Gasteiger partial charge in [-0.1, -0.05) is 6.92 Å². The number of likely N-dealkylation sites (N-methyl/N-ethyl adjacent to an activating group) is 1. The zero-order chi connectivity index (χ0) is 12.8. The molecule has 0 aliphatic rings. The van der Waals surface area contributed by atoms with Gasteiger partial charge in [0.15, 0.2) is 0 Å². The fraction of sp³-hybridized carbons (Fsp3) is 0.385. The van der Waals surface area contributed by atoms with Crippen LogP contribution in [0.3, 0.4) is 0 Å². The first kappa shape index (κ1) is 12.6. The van der Waals surface area contributed by atoms with E-state index in [1.165, 1.54) is 6.33 Å². The molecule has 0 aromatic carbocycles. The predicted octanol–water partition coefficient (Wildman–Crippen LogP) is 1.97. The molecule has 96 valence electrons. The summed E-state index contributed by atoms with van der Waals surface area (Å²) in [6.07, 6.45) is 5.73. The molecule has 1 unspecified atom stereocenters. The van der Waals surface area contributed by atoms with Crippen LogP contribution in [0, 0.1) is 0 Å². The van der Waals surface area contributed by atoms with Crippen LogP contribution in [-0.2, 0) is 6.42 Å². The average molecular weight is 247 g/mol. The van der Waals surface area contributed by atoms with Crippen molar-refractivity contribution in [3.8, 4) is 5.88 Å². The molecule has 0 spiro atoms. The topological polar surface area (TPSA) is 60.2 Å². The third kappa shape index (κ3) is 3.07. The van der Waals surface area contributed by atoms with Crippen LogP contribution in [0.15, 0.2) is 35.4 Å². The smallest absolute Gasteiger partial charge is 0.216 e. The van der Waals surface area contributed by atoms with Crippen molar-refractivity contribution in [1.82, 2.24) is 15.3 Å². The molecule has 5 heteroatoms. The van der Waals surface area contributed by atoms with Crippen LogP contribution in [0.5, 0.6) is 5.88 Å². The van der Waals surface area contributed by atoms with Gasteiger partial charge in [0.25, 0.3) is 0 Å². The SMILES string of the molecule is CCNC(Cc1cc(OC)ncn1)c1ccoc1. The van der Waals surface area contributed by atoms with Crippen molar-refractivity contribution < 1.29 is 9.15 Å². The number of hydrogen-bond donors (Lipinski definition) is 1. The lowest BCUT2D eigenvalue weighted by Gasteiger charge is -2.15. The van der Waals surface area contributed by atoms with Gasteiger partial charge in [-0.3, -0.25) is 0 Å². The van der Waals surface area contributed by atoms with Crippen molar-refractivity contribution in [3.63, 3.8) is 0 Å². The summed E-state index contributed by atoms with van der Waals surface area (Å²) in [5.41, 5.74) is 2.06. The molecule has 0 saturated heterocycles. The van der Waals surface area contributed by atoms with Gasteiger partial charge in [0.05, 0.1) is 19.6 Å². The Hall–Kier alpha value is -1.88. The molecular formula is C13H17N3O2. The molecule has 2 aromatic heterocycles. The molecule has 0 radical (unpaired) electrons. The number of nitrogens with zero attached hydrogens (tertiary/aromatic N) is 2. The minimum absolute atomic E-state index is 0.188. The van der Waals surface area contributed by atoms with Gasteiger partial charge >= 0.3 is 0 Å². The molecule has 0 bridgehead atoms. The average Bonchev–Trinajstić information content (AvgIpc) is 2.92. The second-order valence-corrected chi connectivity index (χ2v) is 3.92. The summed E-state index contributed by atoms with van der Waals surface area (Å²) in [4.78, 5) is 8.26. The van der Waals surface area contributed by atoms with E-state index in [0.717, 1.165) is 24.2 Å². The maximum Gasteiger partial charge on any atom is 0.216 e. The van der Waals surface area contributed by atoms with Crippen LogP contribution in [0.2, 0.25) is 0 Å². The van der Waals surface area contributed by atoms with Gasteiger partial charge in [0.1, 0.15) is 6.33 Å². The lowest BCUT2D eigenvalue weighted by molar-refractivity contribution is 0.395. The highest BCUT2D eigenvalue weighted by molar-refractivity contribution is 5.19. The molecule has 2 heterocycles. The van der Waals surface area contributed by atoms with E-state index >= 15 is 0 Å². The Morgan fingerprint density at radius 1 is 1.44 bits per heavy atom. The molecule has 0 saturated carbocycles. The third-order valence-electron chi connectivity index (χ3n) is 2.72. The summed E-state index contributed by atoms with van der Waals surface area (Å²) < 4.78 is 10.2. The highest BCUT2D eigenvalue weighted by Crippen LogP contribution is 2.19. The van der Waals surface area contributed by atoms with E-state index in [9.17, 15) is 0 Å². The number of rotatable bonds is 6. The number of nitrogens with one attached hydrogen (secondary N) is 1. The van der Waals surface area contributed by atoms with Crippen LogP contribution < -0.4 is 10.1 Å². The zero-order valence-electron chi connectivity index (χ0n) is 10.6. The first-order chi connectivity index (χ1) is 8.83. The Morgan fingerprint density at radius 3 is 3.00 bits per heavy atom. The van der Waals surface area contributed by atoms with Gasteiger partial charge in [-0.15, -0.1) is 0 Å². The maximum atomic E-state index is 5.13. The van der Waals surface area contributed by atoms with Gasteiger partial charge in [-0.25, -0.2) is 9.97 Å². The molecule has 5 nitrogen and oxygen atoms in total. The molecule has 0 aliphatic heterocycles. The maximum absolute atomic E-state index is 5.13. The van der Waals surface area contributed by atoms with Crippen molar-refractivity contribution >= 4 is 0 Å². The van der Waals surface area contributed by atoms with Crippen LogP contribution >= 0.6 is 0 Å². The Balaban J connectivity index is 2.13. The fourth-order valence-corrected chi connectivity index (χ4v) is 1.84. The number of ether oxygens (including phenoxy) is 1. The van der Waals surface area contributed by atoms with Crippen molar-refractivity contribution in [2.45, 2.75) is 19.4 Å². The summed E-state index contributed by atoms with van der Waals surface area (Å²) in [6, 6.07) is 4.00. The molecule has 1 N–H and O–H groups in total. The van der Waals surface area contributed by atoms with Gasteiger partial charge < -0.3 is 14.5 Å². The Labute approximate surface area is 106 Å². The summed E-state index contributed by atoms with van der Waals surface area (Å²) in [7, 11) is 1.60. The minimum atomic E-state index is 0.188. The second kappa shape index (κ2) is 6.16. The molecule has 0 aliphatic carbocycles. The number of aromatic nitrogens is 2. The number of methoxy groups -OCH3 is 1. The molecule has 2 rings (SSSR count). The lowest BCUT2D eigenvalue weighted by atomic mass is 10.1. The predicted molar refractivity (Wildman–Crippen MR) is 67.4 cm³/mol. The number of hydrogen-bond acceptors (Lipinski definition) is 5. The summed E-state index contributed by atoms with van der Waals surface area (Å²) >= 11 is 0. The second-order valence-electron chi connectivity index (χ2n) is 3.92. The van der Waals surface area contributed by atoms with E-state index in [0.29, 0.717) is 5.88 Å². The van der Waals surface area contributed by atoms with E-state index in [-0.39, 0.29) is 6.04 Å². The van der Waals surface area contributed by atoms with Crippen molar-refractivity contribution in [2.24, 2.45) is 0 Å². The third-order valence-corrected chi connectivity index (χ3v) is 2.72. The fourth-order valence-electron chi connectivity index (χ4n) is 1.84. The molecule has 1 atom stereocenters. The van der Waals surface area contributed by atoms with Gasteiger partial charge in [-0.2, -0.15) is 0 Å². The van der Waals surface area contributed by atoms with E-state index in [2.05, 4.69) is 22.2 Å². The van der Waals surface area contributed by atoms with E-state index in [4.69, 9.17) is 9.15 Å². The Bertz CT molecular complexity index is 471. The van der Waals surface area contributed by atoms with Crippen molar-refractivity contribution in [1.29, 1.82) is 0 Å². The van der Waals surface area contributed by atoms with E-state index in [1.54, 1.807) is 19.6 Å². The van der Waals surface area contributed by atoms with Crippen LogP contribution in [-0.4, -0.2) is 23.6 Å². The molecular weight excluding hydrogens is 230 g/mol. The lowest BCUT2D eigenvalue weighted by Crippen LogP contribution is -2.22. The van der Waals surface area contributed by atoms with Gasteiger partial charge in [0.2, 0.25) is 5.88 Å². The summed E-state index contributed by atoms with van der Waals surface area (Å²) in [5.74, 6) is 0.586. The zero-order valence-corrected chi connectivity index (χ0v) is 10.6. The van der Waals surface area contributed by atoms with Crippen LogP contribution in [0.4, 0.5) is 0 Å². The molecule has 0 amide bonds. The first-order valence-electron chi connectivity index (χ1n) is 5.94. The Morgan fingerprint density at radius 2 is 2.33 bits per heavy atom. The molecule has 0 fully saturated rings. The van der Waals surface area contributed by atoms with Crippen LogP contribution in [0.1, 0.15) is 24.2 Å². The standard InChI is InChI=1S/C13H17N3O2/c1-3-14-12(10-4-5-18-8-10)6-11-7-13(17-2)16-9-15-11/h4-5,7-9,12,14H,3,6H2,1-2H3. The highest BCUT2D eigenvalue weighted by atomic mass is 16.5. The largest absolute Gasteiger partial charge is 0.481 e. The monoisotopic (exact) mass is 247 g/mol. The molecule has 2 aromatic rings. The quantitative estimate of drug-likeness (QED) is 0.845. The van der Waals surface area contributed by atoms with E-state index < -0.39 is 0 Å². The van der Waals surface area contributed by atoms with Crippen LogP contribution in [0.25, 0.3) is 0 Å². The van der Waals surface area contributed by atoms with Gasteiger partial charge in [0, 0.05) is 29.8 Å².